The van der Waals surface area contributed by atoms with Crippen molar-refractivity contribution in [3.8, 4) is 0 Å². The first-order chi connectivity index (χ1) is 11.7. The molecule has 25 heavy (non-hydrogen) atoms. The molecule has 1 aromatic carbocycles. The molecule has 0 aliphatic carbocycles. The van der Waals surface area contributed by atoms with Gasteiger partial charge in [0.05, 0.1) is 11.1 Å². The van der Waals surface area contributed by atoms with Crippen LogP contribution in [0, 0.1) is 0 Å². The predicted molar refractivity (Wildman–Crippen MR) is 73.8 cm³/mol. The fourth-order valence-electron chi connectivity index (χ4n) is 2.82. The maximum atomic E-state index is 12.6. The van der Waals surface area contributed by atoms with Gasteiger partial charge in [0, 0.05) is 6.54 Å². The van der Waals surface area contributed by atoms with E-state index in [1.807, 2.05) is 0 Å². The Balaban J connectivity index is 1.76. The van der Waals surface area contributed by atoms with Crippen molar-refractivity contribution in [3.05, 3.63) is 35.4 Å². The Hall–Kier alpha value is -2.91. The summed E-state index contributed by atoms with van der Waals surface area (Å²) >= 11 is 0. The van der Waals surface area contributed by atoms with E-state index < -0.39 is 35.9 Å². The smallest absolute Gasteiger partial charge is 0.327 e. The summed E-state index contributed by atoms with van der Waals surface area (Å²) in [4.78, 5) is 52.8. The molecule has 10 heteroatoms. The summed E-state index contributed by atoms with van der Waals surface area (Å²) < 4.78 is 37.8. The summed E-state index contributed by atoms with van der Waals surface area (Å²) in [5.41, 5.74) is 0.0462. The van der Waals surface area contributed by atoms with E-state index in [-0.39, 0.29) is 35.6 Å². The van der Waals surface area contributed by atoms with Crippen LogP contribution < -0.4 is 0 Å². The van der Waals surface area contributed by atoms with Crippen molar-refractivity contribution in [3.63, 3.8) is 0 Å². The van der Waals surface area contributed by atoms with Gasteiger partial charge in [0.2, 0.25) is 0 Å². The molecule has 1 aromatic rings. The SMILES string of the molecule is O=C(ON1C(=O)c2ccccc2C1=O)C1CCCN1C(=O)C(F)(F)F. The molecule has 1 unspecified atom stereocenters. The number of hydrogen-bond donors (Lipinski definition) is 0. The van der Waals surface area contributed by atoms with Crippen LogP contribution in [0.4, 0.5) is 13.2 Å². The number of halogens is 3. The van der Waals surface area contributed by atoms with E-state index in [4.69, 9.17) is 4.84 Å². The molecule has 7 nitrogen and oxygen atoms in total. The van der Waals surface area contributed by atoms with Crippen LogP contribution in [0.3, 0.4) is 0 Å². The molecule has 3 amide bonds. The third-order valence-electron chi connectivity index (χ3n) is 3.97. The number of nitrogens with zero attached hydrogens (tertiary/aromatic N) is 2. The highest BCUT2D eigenvalue weighted by molar-refractivity contribution is 6.20. The van der Waals surface area contributed by atoms with E-state index in [9.17, 15) is 32.3 Å². The Labute approximate surface area is 138 Å². The number of likely N-dealkylation sites (tertiary alicyclic amines) is 1. The Morgan fingerprint density at radius 2 is 1.64 bits per heavy atom. The molecule has 0 bridgehead atoms. The molecule has 0 spiro atoms. The van der Waals surface area contributed by atoms with Crippen LogP contribution in [0.5, 0.6) is 0 Å². The summed E-state index contributed by atoms with van der Waals surface area (Å²) in [5.74, 6) is -5.19. The number of hydroxylamine groups is 2. The zero-order valence-corrected chi connectivity index (χ0v) is 12.6. The minimum atomic E-state index is -5.13. The number of imide groups is 1. The summed E-state index contributed by atoms with van der Waals surface area (Å²) in [6.45, 7) is -0.264. The molecule has 0 aromatic heterocycles. The number of hydrogen-bond acceptors (Lipinski definition) is 5. The van der Waals surface area contributed by atoms with Crippen LogP contribution >= 0.6 is 0 Å². The topological polar surface area (TPSA) is 84.0 Å². The van der Waals surface area contributed by atoms with Gasteiger partial charge in [-0.25, -0.2) is 4.79 Å². The minimum absolute atomic E-state index is 0.0231. The zero-order valence-electron chi connectivity index (χ0n) is 12.6. The maximum Gasteiger partial charge on any atom is 0.471 e. The molecule has 0 saturated carbocycles. The van der Waals surface area contributed by atoms with Gasteiger partial charge in [-0.3, -0.25) is 14.4 Å². The standard InChI is InChI=1S/C15H11F3N2O5/c16-15(17,18)14(24)19-7-3-6-10(19)13(23)25-20-11(21)8-4-1-2-5-9(8)12(20)22/h1-2,4-5,10H,3,6-7H2. The van der Waals surface area contributed by atoms with E-state index in [0.717, 1.165) is 0 Å². The van der Waals surface area contributed by atoms with Crippen LogP contribution in [0.1, 0.15) is 33.6 Å². The average Bonchev–Trinajstić information content (AvgIpc) is 3.13. The van der Waals surface area contributed by atoms with Gasteiger partial charge in [0.25, 0.3) is 11.8 Å². The van der Waals surface area contributed by atoms with Crippen LogP contribution in [0.2, 0.25) is 0 Å². The van der Waals surface area contributed by atoms with Crippen molar-refractivity contribution in [2.75, 3.05) is 6.54 Å². The van der Waals surface area contributed by atoms with Crippen LogP contribution in [-0.4, -0.2) is 52.4 Å². The molecule has 2 heterocycles. The van der Waals surface area contributed by atoms with E-state index in [2.05, 4.69) is 0 Å². The summed E-state index contributed by atoms with van der Waals surface area (Å²) in [6, 6.07) is 4.24. The Morgan fingerprint density at radius 1 is 1.08 bits per heavy atom. The van der Waals surface area contributed by atoms with Crippen molar-refractivity contribution >= 4 is 23.7 Å². The molecule has 132 valence electrons. The molecule has 0 radical (unpaired) electrons. The van der Waals surface area contributed by atoms with Gasteiger partial charge >= 0.3 is 18.1 Å². The first-order valence-corrected chi connectivity index (χ1v) is 7.29. The largest absolute Gasteiger partial charge is 0.471 e. The molecule has 1 atom stereocenters. The monoisotopic (exact) mass is 356 g/mol. The van der Waals surface area contributed by atoms with E-state index >= 15 is 0 Å². The predicted octanol–water partition coefficient (Wildman–Crippen LogP) is 1.29. The lowest BCUT2D eigenvalue weighted by Crippen LogP contribution is -2.49. The highest BCUT2D eigenvalue weighted by atomic mass is 19.4. The minimum Gasteiger partial charge on any atom is -0.327 e. The molecule has 1 fully saturated rings. The summed E-state index contributed by atoms with van der Waals surface area (Å²) in [6.07, 6.45) is -5.01. The summed E-state index contributed by atoms with van der Waals surface area (Å²) in [5, 5.41) is 0.210. The maximum absolute atomic E-state index is 12.6. The van der Waals surface area contributed by atoms with Crippen LogP contribution in [-0.2, 0) is 14.4 Å². The first kappa shape index (κ1) is 16.9. The van der Waals surface area contributed by atoms with Gasteiger partial charge in [-0.15, -0.1) is 0 Å². The lowest BCUT2D eigenvalue weighted by atomic mass is 10.1. The second kappa shape index (κ2) is 5.87. The van der Waals surface area contributed by atoms with Gasteiger partial charge in [0.1, 0.15) is 6.04 Å². The van der Waals surface area contributed by atoms with Gasteiger partial charge in [0.15, 0.2) is 0 Å². The second-order valence-electron chi connectivity index (χ2n) is 5.51. The van der Waals surface area contributed by atoms with Crippen molar-refractivity contribution in [1.82, 2.24) is 9.96 Å². The van der Waals surface area contributed by atoms with Gasteiger partial charge < -0.3 is 9.74 Å². The van der Waals surface area contributed by atoms with Crippen LogP contribution in [0.25, 0.3) is 0 Å². The van der Waals surface area contributed by atoms with E-state index in [0.29, 0.717) is 4.90 Å². The fraction of sp³-hybridized carbons (Fsp3) is 0.333. The van der Waals surface area contributed by atoms with Gasteiger partial charge in [-0.05, 0) is 25.0 Å². The lowest BCUT2D eigenvalue weighted by Gasteiger charge is -2.25. The molecular weight excluding hydrogens is 345 g/mol. The number of benzene rings is 1. The molecule has 1 saturated heterocycles. The van der Waals surface area contributed by atoms with Gasteiger partial charge in [-0.1, -0.05) is 17.2 Å². The third-order valence-corrected chi connectivity index (χ3v) is 3.97. The van der Waals surface area contributed by atoms with E-state index in [1.54, 1.807) is 0 Å². The third kappa shape index (κ3) is 2.83. The lowest BCUT2D eigenvalue weighted by molar-refractivity contribution is -0.192. The van der Waals surface area contributed by atoms with Crippen LogP contribution in [0.15, 0.2) is 24.3 Å². The highest BCUT2D eigenvalue weighted by Gasteiger charge is 2.49. The number of fused-ring (bicyclic) bond motifs is 1. The normalized spacial score (nSPS) is 20.0. The first-order valence-electron chi connectivity index (χ1n) is 7.29. The zero-order chi connectivity index (χ0) is 18.4. The summed E-state index contributed by atoms with van der Waals surface area (Å²) in [7, 11) is 0. The number of rotatable bonds is 2. The quantitative estimate of drug-likeness (QED) is 0.746. The molecular formula is C15H11F3N2O5. The second-order valence-corrected chi connectivity index (χ2v) is 5.51. The van der Waals surface area contributed by atoms with Crippen molar-refractivity contribution in [2.24, 2.45) is 0 Å². The molecule has 0 N–H and O–H groups in total. The number of carbonyl (C=O) groups excluding carboxylic acids is 4. The molecule has 2 aliphatic heterocycles. The fourth-order valence-corrected chi connectivity index (χ4v) is 2.82. The Kier molecular flexibility index (Phi) is 3.97. The van der Waals surface area contributed by atoms with Crippen molar-refractivity contribution < 1.29 is 37.2 Å². The number of amides is 3. The molecule has 3 rings (SSSR count). The Bertz CT molecular complexity index is 742. The highest BCUT2D eigenvalue weighted by Crippen LogP contribution is 2.28. The number of alkyl halides is 3. The Morgan fingerprint density at radius 3 is 2.16 bits per heavy atom. The van der Waals surface area contributed by atoms with E-state index in [1.165, 1.54) is 24.3 Å². The van der Waals surface area contributed by atoms with Crippen molar-refractivity contribution in [1.29, 1.82) is 0 Å². The molecule has 2 aliphatic rings. The van der Waals surface area contributed by atoms with Gasteiger partial charge in [-0.2, -0.15) is 13.2 Å². The number of carbonyl (C=O) groups is 4. The van der Waals surface area contributed by atoms with Crippen molar-refractivity contribution in [2.45, 2.75) is 25.1 Å². The average molecular weight is 356 g/mol.